The number of nitrogens with one attached hydrogen (secondary N) is 3. The van der Waals surface area contributed by atoms with E-state index in [1.807, 2.05) is 23.6 Å². The van der Waals surface area contributed by atoms with E-state index in [9.17, 15) is 4.79 Å². The third kappa shape index (κ3) is 2.60. The molecule has 3 rings (SSSR count). The Hall–Kier alpha value is -2.08. The van der Waals surface area contributed by atoms with Crippen LogP contribution in [0.15, 0.2) is 28.4 Å². The molecule has 0 saturated heterocycles. The van der Waals surface area contributed by atoms with Gasteiger partial charge in [0.1, 0.15) is 0 Å². The van der Waals surface area contributed by atoms with Crippen molar-refractivity contribution in [3.05, 3.63) is 34.1 Å². The van der Waals surface area contributed by atoms with E-state index in [0.717, 1.165) is 34.0 Å². The van der Waals surface area contributed by atoms with E-state index in [-0.39, 0.29) is 5.69 Å². The van der Waals surface area contributed by atoms with Crippen LogP contribution in [0.1, 0.15) is 13.8 Å². The molecule has 5 nitrogen and oxygen atoms in total. The fourth-order valence-corrected chi connectivity index (χ4v) is 2.70. The smallest absolute Gasteiger partial charge is 0.323 e. The molecule has 3 N–H and O–H groups in total. The second-order valence-corrected chi connectivity index (χ2v) is 6.01. The van der Waals surface area contributed by atoms with Crippen LogP contribution < -0.4 is 11.0 Å². The maximum atomic E-state index is 11.3. The van der Waals surface area contributed by atoms with Gasteiger partial charge < -0.3 is 15.3 Å². The Morgan fingerprint density at radius 2 is 2.10 bits per heavy atom. The number of fused-ring (bicyclic) bond motifs is 1. The van der Waals surface area contributed by atoms with Crippen molar-refractivity contribution < 1.29 is 0 Å². The number of H-pyrrole nitrogens is 2. The number of nitrogens with zero attached hydrogens (tertiary/aromatic N) is 1. The van der Waals surface area contributed by atoms with E-state index >= 15 is 0 Å². The summed E-state index contributed by atoms with van der Waals surface area (Å²) in [6.45, 7) is 5.24. The molecule has 0 saturated carbocycles. The normalized spacial score (nSPS) is 11.3. The number of imidazole rings is 1. The van der Waals surface area contributed by atoms with Gasteiger partial charge in [0.05, 0.1) is 16.7 Å². The van der Waals surface area contributed by atoms with Gasteiger partial charge in [-0.2, -0.15) is 0 Å². The van der Waals surface area contributed by atoms with Gasteiger partial charge in [-0.15, -0.1) is 11.3 Å². The lowest BCUT2D eigenvalue weighted by molar-refractivity contribution is 0.688. The highest BCUT2D eigenvalue weighted by Gasteiger charge is 2.07. The average molecular weight is 288 g/mol. The summed E-state index contributed by atoms with van der Waals surface area (Å²) in [5.74, 6) is 0.587. The summed E-state index contributed by atoms with van der Waals surface area (Å²) in [6, 6.07) is 5.80. The molecule has 0 aliphatic heterocycles. The Labute approximate surface area is 120 Å². The minimum Gasteiger partial charge on any atom is -0.361 e. The van der Waals surface area contributed by atoms with Crippen molar-refractivity contribution in [1.29, 1.82) is 0 Å². The monoisotopic (exact) mass is 288 g/mol. The Morgan fingerprint density at radius 3 is 2.90 bits per heavy atom. The summed E-state index contributed by atoms with van der Waals surface area (Å²) in [5, 5.41) is 6.27. The first kappa shape index (κ1) is 12.9. The molecular weight excluding hydrogens is 272 g/mol. The minimum absolute atomic E-state index is 0.185. The number of rotatable bonds is 4. The lowest BCUT2D eigenvalue weighted by Crippen LogP contribution is -2.07. The topological polar surface area (TPSA) is 73.6 Å². The van der Waals surface area contributed by atoms with Crippen molar-refractivity contribution in [3.63, 3.8) is 0 Å². The Bertz CT molecular complexity index is 784. The van der Waals surface area contributed by atoms with Crippen LogP contribution in [0.25, 0.3) is 22.3 Å². The number of anilines is 1. The maximum absolute atomic E-state index is 11.3. The Balaban J connectivity index is 1.88. The predicted octanol–water partition coefficient (Wildman–Crippen LogP) is 3.05. The molecule has 0 aliphatic rings. The standard InChI is InChI=1S/C14H16N4OS/c1-8(2)6-15-14-18-12(7-20-14)9-3-4-10-11(5-9)17-13(19)16-10/h3-5,7-8H,6H2,1-2H3,(H,15,18)(H2,16,17,19). The number of hydrogen-bond acceptors (Lipinski definition) is 4. The van der Waals surface area contributed by atoms with Crippen LogP contribution in [0.4, 0.5) is 5.13 Å². The third-order valence-corrected chi connectivity index (χ3v) is 3.78. The predicted molar refractivity (Wildman–Crippen MR) is 83.4 cm³/mol. The molecule has 0 spiro atoms. The van der Waals surface area contributed by atoms with Crippen LogP contribution in [0.3, 0.4) is 0 Å². The second kappa shape index (κ2) is 5.13. The first-order chi connectivity index (χ1) is 9.61. The highest BCUT2D eigenvalue weighted by Crippen LogP contribution is 2.26. The van der Waals surface area contributed by atoms with Gasteiger partial charge in [0.25, 0.3) is 0 Å². The van der Waals surface area contributed by atoms with Gasteiger partial charge in [0.2, 0.25) is 0 Å². The SMILES string of the molecule is CC(C)CNc1nc(-c2ccc3[nH]c(=O)[nH]c3c2)cs1. The fourth-order valence-electron chi connectivity index (χ4n) is 1.97. The summed E-state index contributed by atoms with van der Waals surface area (Å²) >= 11 is 1.60. The van der Waals surface area contributed by atoms with Crippen LogP contribution in [-0.4, -0.2) is 21.5 Å². The zero-order valence-electron chi connectivity index (χ0n) is 11.4. The van der Waals surface area contributed by atoms with Crippen LogP contribution >= 0.6 is 11.3 Å². The van der Waals surface area contributed by atoms with E-state index in [4.69, 9.17) is 0 Å². The Morgan fingerprint density at radius 1 is 1.30 bits per heavy atom. The van der Waals surface area contributed by atoms with Crippen molar-refractivity contribution in [2.75, 3.05) is 11.9 Å². The lowest BCUT2D eigenvalue weighted by Gasteiger charge is -2.04. The maximum Gasteiger partial charge on any atom is 0.323 e. The molecule has 0 unspecified atom stereocenters. The zero-order chi connectivity index (χ0) is 14.1. The van der Waals surface area contributed by atoms with Gasteiger partial charge in [-0.1, -0.05) is 19.9 Å². The molecule has 1 aromatic carbocycles. The molecule has 20 heavy (non-hydrogen) atoms. The van der Waals surface area contributed by atoms with Gasteiger partial charge in [0.15, 0.2) is 5.13 Å². The molecule has 0 atom stereocenters. The molecule has 0 radical (unpaired) electrons. The highest BCUT2D eigenvalue weighted by atomic mass is 32.1. The van der Waals surface area contributed by atoms with Crippen molar-refractivity contribution in [1.82, 2.24) is 15.0 Å². The summed E-state index contributed by atoms with van der Waals surface area (Å²) in [4.78, 5) is 21.3. The number of aromatic amines is 2. The zero-order valence-corrected chi connectivity index (χ0v) is 12.2. The average Bonchev–Trinajstić information content (AvgIpc) is 3.00. The van der Waals surface area contributed by atoms with Crippen molar-refractivity contribution in [3.8, 4) is 11.3 Å². The molecule has 0 fully saturated rings. The first-order valence-electron chi connectivity index (χ1n) is 6.53. The Kier molecular flexibility index (Phi) is 3.31. The molecule has 3 aromatic rings. The van der Waals surface area contributed by atoms with Crippen molar-refractivity contribution in [2.24, 2.45) is 5.92 Å². The van der Waals surface area contributed by atoms with Crippen LogP contribution in [0.5, 0.6) is 0 Å². The van der Waals surface area contributed by atoms with E-state index in [1.54, 1.807) is 11.3 Å². The van der Waals surface area contributed by atoms with Gasteiger partial charge in [-0.25, -0.2) is 9.78 Å². The molecule has 6 heteroatoms. The van der Waals surface area contributed by atoms with E-state index in [1.165, 1.54) is 0 Å². The number of benzene rings is 1. The quantitative estimate of drug-likeness (QED) is 0.691. The fraction of sp³-hybridized carbons (Fsp3) is 0.286. The first-order valence-corrected chi connectivity index (χ1v) is 7.41. The van der Waals surface area contributed by atoms with Gasteiger partial charge >= 0.3 is 5.69 Å². The molecule has 104 valence electrons. The van der Waals surface area contributed by atoms with Crippen LogP contribution in [-0.2, 0) is 0 Å². The summed E-state index contributed by atoms with van der Waals surface area (Å²) in [7, 11) is 0. The van der Waals surface area contributed by atoms with E-state index < -0.39 is 0 Å². The molecule has 2 heterocycles. The van der Waals surface area contributed by atoms with E-state index in [0.29, 0.717) is 5.92 Å². The number of thiazole rings is 1. The summed E-state index contributed by atoms with van der Waals surface area (Å²) < 4.78 is 0. The number of aromatic nitrogens is 3. The van der Waals surface area contributed by atoms with Gasteiger partial charge in [-0.3, -0.25) is 0 Å². The second-order valence-electron chi connectivity index (χ2n) is 5.15. The van der Waals surface area contributed by atoms with Crippen LogP contribution in [0, 0.1) is 5.92 Å². The summed E-state index contributed by atoms with van der Waals surface area (Å²) in [5.41, 5.74) is 3.35. The molecule has 0 amide bonds. The molecular formula is C14H16N4OS. The highest BCUT2D eigenvalue weighted by molar-refractivity contribution is 7.14. The van der Waals surface area contributed by atoms with E-state index in [2.05, 4.69) is 34.1 Å². The van der Waals surface area contributed by atoms with Crippen LogP contribution in [0.2, 0.25) is 0 Å². The van der Waals surface area contributed by atoms with Gasteiger partial charge in [0, 0.05) is 17.5 Å². The molecule has 2 aromatic heterocycles. The largest absolute Gasteiger partial charge is 0.361 e. The van der Waals surface area contributed by atoms with Crippen molar-refractivity contribution >= 4 is 27.5 Å². The molecule has 0 bridgehead atoms. The third-order valence-electron chi connectivity index (χ3n) is 2.98. The minimum atomic E-state index is -0.185. The summed E-state index contributed by atoms with van der Waals surface area (Å²) in [6.07, 6.45) is 0. The molecule has 0 aliphatic carbocycles. The van der Waals surface area contributed by atoms with Gasteiger partial charge in [-0.05, 0) is 18.1 Å². The lowest BCUT2D eigenvalue weighted by atomic mass is 10.1. The number of hydrogen-bond donors (Lipinski definition) is 3. The van der Waals surface area contributed by atoms with Crippen molar-refractivity contribution in [2.45, 2.75) is 13.8 Å².